The van der Waals surface area contributed by atoms with Crippen LogP contribution in [0, 0.1) is 0 Å². The standard InChI is InChI=1S/C18H19N7O/c19-15(3-2-13-4-8-20-9-5-13)17(26)24-11-14-10-23-25(16(14)12-24)18-21-6-1-7-22-18/h1,4-10,15H,2-3,11-12,19H2. The lowest BCUT2D eigenvalue weighted by molar-refractivity contribution is -0.133. The summed E-state index contributed by atoms with van der Waals surface area (Å²) >= 11 is 0. The third-order valence-corrected chi connectivity index (χ3v) is 4.52. The third-order valence-electron chi connectivity index (χ3n) is 4.52. The van der Waals surface area contributed by atoms with Crippen molar-refractivity contribution in [1.82, 2.24) is 29.6 Å². The lowest BCUT2D eigenvalue weighted by atomic mass is 10.1. The monoisotopic (exact) mass is 349 g/mol. The maximum absolute atomic E-state index is 12.7. The zero-order valence-corrected chi connectivity index (χ0v) is 14.2. The molecule has 1 atom stereocenters. The van der Waals surface area contributed by atoms with E-state index in [1.807, 2.05) is 12.1 Å². The van der Waals surface area contributed by atoms with Gasteiger partial charge in [-0.1, -0.05) is 0 Å². The summed E-state index contributed by atoms with van der Waals surface area (Å²) in [5.74, 6) is 0.459. The minimum absolute atomic E-state index is 0.0456. The van der Waals surface area contributed by atoms with Gasteiger partial charge in [0.1, 0.15) is 0 Å². The quantitative estimate of drug-likeness (QED) is 0.733. The minimum atomic E-state index is -0.526. The Morgan fingerprint density at radius 2 is 1.92 bits per heavy atom. The number of aromatic nitrogens is 5. The van der Waals surface area contributed by atoms with E-state index >= 15 is 0 Å². The summed E-state index contributed by atoms with van der Waals surface area (Å²) in [6.45, 7) is 0.985. The molecule has 0 aliphatic carbocycles. The molecule has 1 unspecified atom stereocenters. The first-order chi connectivity index (χ1) is 12.7. The van der Waals surface area contributed by atoms with Gasteiger partial charge in [-0.15, -0.1) is 0 Å². The molecule has 0 fully saturated rings. The Labute approximate surface area is 150 Å². The lowest BCUT2D eigenvalue weighted by Crippen LogP contribution is -2.41. The highest BCUT2D eigenvalue weighted by Gasteiger charge is 2.30. The number of nitrogens with zero attached hydrogens (tertiary/aromatic N) is 6. The minimum Gasteiger partial charge on any atom is -0.331 e. The highest BCUT2D eigenvalue weighted by atomic mass is 16.2. The topological polar surface area (TPSA) is 103 Å². The van der Waals surface area contributed by atoms with Gasteiger partial charge in [0.15, 0.2) is 0 Å². The molecular weight excluding hydrogens is 330 g/mol. The van der Waals surface area contributed by atoms with Crippen LogP contribution in [0.1, 0.15) is 23.2 Å². The van der Waals surface area contributed by atoms with Gasteiger partial charge >= 0.3 is 0 Å². The van der Waals surface area contributed by atoms with E-state index in [1.54, 1.807) is 46.6 Å². The average Bonchev–Trinajstić information content (AvgIpc) is 3.28. The molecule has 0 saturated heterocycles. The van der Waals surface area contributed by atoms with E-state index in [9.17, 15) is 4.79 Å². The van der Waals surface area contributed by atoms with Gasteiger partial charge in [0, 0.05) is 36.9 Å². The molecule has 1 aliphatic heterocycles. The van der Waals surface area contributed by atoms with Gasteiger partial charge in [-0.05, 0) is 36.6 Å². The van der Waals surface area contributed by atoms with Gasteiger partial charge < -0.3 is 10.6 Å². The van der Waals surface area contributed by atoms with Crippen molar-refractivity contribution < 1.29 is 4.79 Å². The molecule has 0 spiro atoms. The van der Waals surface area contributed by atoms with Crippen LogP contribution < -0.4 is 5.73 Å². The number of fused-ring (bicyclic) bond motifs is 1. The molecule has 4 heterocycles. The summed E-state index contributed by atoms with van der Waals surface area (Å²) in [4.78, 5) is 26.9. The molecule has 1 aliphatic rings. The fraction of sp³-hybridized carbons (Fsp3) is 0.278. The van der Waals surface area contributed by atoms with Crippen molar-refractivity contribution in [2.75, 3.05) is 0 Å². The van der Waals surface area contributed by atoms with E-state index in [0.717, 1.165) is 23.2 Å². The van der Waals surface area contributed by atoms with Crippen LogP contribution in [-0.2, 0) is 24.3 Å². The molecule has 8 nitrogen and oxygen atoms in total. The molecule has 0 aromatic carbocycles. The predicted octanol–water partition coefficient (Wildman–Crippen LogP) is 0.860. The van der Waals surface area contributed by atoms with Crippen molar-refractivity contribution in [3.63, 3.8) is 0 Å². The highest BCUT2D eigenvalue weighted by molar-refractivity contribution is 5.82. The first-order valence-electron chi connectivity index (χ1n) is 8.49. The van der Waals surface area contributed by atoms with Gasteiger partial charge in [0.25, 0.3) is 5.95 Å². The summed E-state index contributed by atoms with van der Waals surface area (Å²) in [7, 11) is 0. The normalized spacial score (nSPS) is 14.3. The molecule has 0 saturated carbocycles. The molecule has 132 valence electrons. The second kappa shape index (κ2) is 7.01. The Bertz CT molecular complexity index is 894. The van der Waals surface area contributed by atoms with Crippen LogP contribution >= 0.6 is 0 Å². The van der Waals surface area contributed by atoms with E-state index in [1.165, 1.54) is 0 Å². The number of amides is 1. The molecule has 1 amide bonds. The second-order valence-corrected chi connectivity index (χ2v) is 6.27. The van der Waals surface area contributed by atoms with Crippen LogP contribution in [-0.4, -0.2) is 41.6 Å². The fourth-order valence-corrected chi connectivity index (χ4v) is 3.11. The zero-order chi connectivity index (χ0) is 17.9. The van der Waals surface area contributed by atoms with Crippen molar-refractivity contribution in [2.24, 2.45) is 5.73 Å². The van der Waals surface area contributed by atoms with E-state index in [-0.39, 0.29) is 5.91 Å². The van der Waals surface area contributed by atoms with Crippen LogP contribution in [0.5, 0.6) is 0 Å². The van der Waals surface area contributed by atoms with Crippen LogP contribution in [0.25, 0.3) is 5.95 Å². The summed E-state index contributed by atoms with van der Waals surface area (Å²) < 4.78 is 1.69. The number of nitrogens with two attached hydrogens (primary N) is 1. The smallest absolute Gasteiger partial charge is 0.250 e. The van der Waals surface area contributed by atoms with E-state index in [0.29, 0.717) is 25.5 Å². The highest BCUT2D eigenvalue weighted by Crippen LogP contribution is 2.24. The van der Waals surface area contributed by atoms with Gasteiger partial charge in [0.05, 0.1) is 24.5 Å². The fourth-order valence-electron chi connectivity index (χ4n) is 3.11. The van der Waals surface area contributed by atoms with E-state index < -0.39 is 6.04 Å². The summed E-state index contributed by atoms with van der Waals surface area (Å²) in [5.41, 5.74) is 9.22. The van der Waals surface area contributed by atoms with Crippen LogP contribution in [0.15, 0.2) is 49.2 Å². The molecule has 8 heteroatoms. The largest absolute Gasteiger partial charge is 0.331 e. The maximum Gasteiger partial charge on any atom is 0.250 e. The van der Waals surface area contributed by atoms with Crippen molar-refractivity contribution in [3.8, 4) is 5.95 Å². The van der Waals surface area contributed by atoms with Gasteiger partial charge in [-0.3, -0.25) is 9.78 Å². The third kappa shape index (κ3) is 3.18. The Kier molecular flexibility index (Phi) is 4.40. The molecular formula is C18H19N7O. The van der Waals surface area contributed by atoms with E-state index in [4.69, 9.17) is 5.73 Å². The summed E-state index contributed by atoms with van der Waals surface area (Å²) in [6.07, 6.45) is 9.95. The number of carbonyl (C=O) groups is 1. The molecule has 3 aromatic heterocycles. The van der Waals surface area contributed by atoms with Crippen molar-refractivity contribution in [1.29, 1.82) is 0 Å². The second-order valence-electron chi connectivity index (χ2n) is 6.27. The van der Waals surface area contributed by atoms with Crippen LogP contribution in [0.2, 0.25) is 0 Å². The molecule has 0 radical (unpaired) electrons. The van der Waals surface area contributed by atoms with Crippen LogP contribution in [0.4, 0.5) is 0 Å². The first kappa shape index (κ1) is 16.3. The Morgan fingerprint density at radius 3 is 2.69 bits per heavy atom. The van der Waals surface area contributed by atoms with Crippen molar-refractivity contribution in [2.45, 2.75) is 32.0 Å². The molecule has 3 aromatic rings. The van der Waals surface area contributed by atoms with Gasteiger partial charge in [-0.2, -0.15) is 5.10 Å². The summed E-state index contributed by atoms with van der Waals surface area (Å²) in [5, 5.41) is 4.34. The SMILES string of the molecule is NC(CCc1ccncc1)C(=O)N1Cc2cnn(-c3ncccn3)c2C1. The lowest BCUT2D eigenvalue weighted by Gasteiger charge is -2.20. The predicted molar refractivity (Wildman–Crippen MR) is 93.9 cm³/mol. The summed E-state index contributed by atoms with van der Waals surface area (Å²) in [6, 6.07) is 5.11. The molecule has 2 N–H and O–H groups in total. The van der Waals surface area contributed by atoms with E-state index in [2.05, 4.69) is 20.1 Å². The Morgan fingerprint density at radius 1 is 1.15 bits per heavy atom. The number of carbonyl (C=O) groups excluding carboxylic acids is 1. The first-order valence-corrected chi connectivity index (χ1v) is 8.49. The number of aryl methyl sites for hydroxylation is 1. The Balaban J connectivity index is 1.41. The molecule has 0 bridgehead atoms. The zero-order valence-electron chi connectivity index (χ0n) is 14.2. The average molecular weight is 349 g/mol. The number of hydrogen-bond donors (Lipinski definition) is 1. The number of pyridine rings is 1. The van der Waals surface area contributed by atoms with Crippen molar-refractivity contribution in [3.05, 3.63) is 66.0 Å². The Hall–Kier alpha value is -3.13. The number of hydrogen-bond acceptors (Lipinski definition) is 6. The van der Waals surface area contributed by atoms with Crippen LogP contribution in [0.3, 0.4) is 0 Å². The molecule has 26 heavy (non-hydrogen) atoms. The van der Waals surface area contributed by atoms with Gasteiger partial charge in [-0.25, -0.2) is 14.6 Å². The number of rotatable bonds is 5. The van der Waals surface area contributed by atoms with Gasteiger partial charge in [0.2, 0.25) is 5.91 Å². The maximum atomic E-state index is 12.7. The molecule has 4 rings (SSSR count). The van der Waals surface area contributed by atoms with Crippen molar-refractivity contribution >= 4 is 5.91 Å².